The molecule has 5 amide bonds. The van der Waals surface area contributed by atoms with Crippen molar-refractivity contribution in [1.82, 2.24) is 15.1 Å². The predicted octanol–water partition coefficient (Wildman–Crippen LogP) is 6.86. The van der Waals surface area contributed by atoms with E-state index in [-0.39, 0.29) is 54.7 Å². The summed E-state index contributed by atoms with van der Waals surface area (Å²) < 4.78 is 39.0. The lowest BCUT2D eigenvalue weighted by atomic mass is 9.72. The lowest BCUT2D eigenvalue weighted by Gasteiger charge is -2.40. The average Bonchev–Trinajstić information content (AvgIpc) is 3.27. The van der Waals surface area contributed by atoms with Gasteiger partial charge in [-0.2, -0.15) is 13.2 Å². The van der Waals surface area contributed by atoms with Gasteiger partial charge in [0.05, 0.1) is 17.5 Å². The molecular formula is C35H43F3N4O6. The summed E-state index contributed by atoms with van der Waals surface area (Å²) >= 11 is 0. The number of nitrogens with one attached hydrogen (secondary N) is 2. The van der Waals surface area contributed by atoms with Crippen LogP contribution in [0.5, 0.6) is 0 Å². The number of hydrogen-bond acceptors (Lipinski definition) is 5. The summed E-state index contributed by atoms with van der Waals surface area (Å²) in [5, 5.41) is 14.2. The SMILES string of the molecule is C.O=C(O)CCNC(=O)c1ccc(CN(C(=O)Nc2ccc3c(c2)C(=O)N(CC(F)(F)F)C3=O)C2CCC(C3CCCCC3)CC2)cc1. The van der Waals surface area contributed by atoms with Gasteiger partial charge in [-0.15, -0.1) is 0 Å². The second-order valence-corrected chi connectivity index (χ2v) is 12.7. The van der Waals surface area contributed by atoms with Crippen LogP contribution in [0.2, 0.25) is 0 Å². The van der Waals surface area contributed by atoms with Crippen LogP contribution in [0, 0.1) is 11.8 Å². The molecule has 2 aromatic rings. The number of fused-ring (bicyclic) bond motifs is 1. The van der Waals surface area contributed by atoms with Crippen LogP contribution in [0.15, 0.2) is 42.5 Å². The number of carboxylic acid groups (broad SMARTS) is 1. The van der Waals surface area contributed by atoms with Gasteiger partial charge >= 0.3 is 18.2 Å². The standard InChI is InChI=1S/C34H39F3N4O6.CH4/c35-34(36,37)20-41-31(45)27-15-12-25(18-28(27)32(41)46)39-33(47)40(26-13-10-23(11-14-26)22-4-2-1-3-5-22)19-21-6-8-24(9-7-21)30(44)38-17-16-29(42)43;/h6-9,12,15,18,22-23,26H,1-5,10-11,13-14,16-17,19-20H2,(H,38,44)(H,39,47)(H,42,43);1H4. The van der Waals surface area contributed by atoms with E-state index >= 15 is 0 Å². The number of urea groups is 1. The Bertz CT molecular complexity index is 1500. The van der Waals surface area contributed by atoms with Crippen molar-refractivity contribution in [3.8, 4) is 0 Å². The van der Waals surface area contributed by atoms with Gasteiger partial charge in [-0.1, -0.05) is 51.7 Å². The minimum atomic E-state index is -4.75. The molecule has 260 valence electrons. The van der Waals surface area contributed by atoms with Crippen LogP contribution in [0.4, 0.5) is 23.7 Å². The van der Waals surface area contributed by atoms with Crippen LogP contribution in [0.3, 0.4) is 0 Å². The smallest absolute Gasteiger partial charge is 0.406 e. The molecule has 3 aliphatic rings. The molecule has 5 rings (SSSR count). The van der Waals surface area contributed by atoms with E-state index in [1.165, 1.54) is 50.3 Å². The third kappa shape index (κ3) is 8.93. The highest BCUT2D eigenvalue weighted by molar-refractivity contribution is 6.22. The van der Waals surface area contributed by atoms with Crippen molar-refractivity contribution in [3.63, 3.8) is 0 Å². The first-order chi connectivity index (χ1) is 22.4. The molecule has 2 fully saturated rings. The number of alkyl halides is 3. The number of carboxylic acids is 1. The van der Waals surface area contributed by atoms with Gasteiger partial charge < -0.3 is 20.6 Å². The highest BCUT2D eigenvalue weighted by Gasteiger charge is 2.43. The fourth-order valence-electron chi connectivity index (χ4n) is 7.09. The van der Waals surface area contributed by atoms with Crippen molar-refractivity contribution in [2.24, 2.45) is 11.8 Å². The second kappa shape index (κ2) is 15.7. The van der Waals surface area contributed by atoms with Crippen LogP contribution in [-0.4, -0.2) is 69.9 Å². The average molecular weight is 673 g/mol. The molecule has 10 nitrogen and oxygen atoms in total. The first-order valence-corrected chi connectivity index (χ1v) is 16.1. The van der Waals surface area contributed by atoms with Crippen molar-refractivity contribution in [1.29, 1.82) is 0 Å². The highest BCUT2D eigenvalue weighted by atomic mass is 19.4. The topological polar surface area (TPSA) is 136 Å². The first-order valence-electron chi connectivity index (χ1n) is 16.1. The van der Waals surface area contributed by atoms with Crippen molar-refractivity contribution >= 4 is 35.4 Å². The van der Waals surface area contributed by atoms with Gasteiger partial charge in [0.25, 0.3) is 17.7 Å². The molecule has 2 aromatic carbocycles. The van der Waals surface area contributed by atoms with Gasteiger partial charge in [0.15, 0.2) is 0 Å². The number of amides is 5. The summed E-state index contributed by atoms with van der Waals surface area (Å²) in [6, 6.07) is 10.0. The number of imide groups is 1. The molecule has 2 saturated carbocycles. The molecule has 48 heavy (non-hydrogen) atoms. The van der Waals surface area contributed by atoms with Crippen LogP contribution < -0.4 is 10.6 Å². The van der Waals surface area contributed by atoms with Crippen LogP contribution in [-0.2, 0) is 11.3 Å². The zero-order chi connectivity index (χ0) is 33.7. The van der Waals surface area contributed by atoms with Crippen molar-refractivity contribution in [2.45, 2.75) is 90.4 Å². The van der Waals surface area contributed by atoms with E-state index in [0.29, 0.717) is 17.4 Å². The molecule has 0 bridgehead atoms. The normalized spacial score (nSPS) is 19.7. The van der Waals surface area contributed by atoms with E-state index in [0.717, 1.165) is 31.2 Å². The van der Waals surface area contributed by atoms with E-state index in [1.807, 2.05) is 0 Å². The Morgan fingerprint density at radius 2 is 1.48 bits per heavy atom. The maximum atomic E-state index is 13.8. The molecule has 1 aliphatic heterocycles. The van der Waals surface area contributed by atoms with Gasteiger partial charge in [0.1, 0.15) is 6.54 Å². The molecule has 0 saturated heterocycles. The largest absolute Gasteiger partial charge is 0.481 e. The number of rotatable bonds is 10. The number of hydrogen-bond donors (Lipinski definition) is 3. The van der Waals surface area contributed by atoms with Gasteiger partial charge in [0.2, 0.25) is 0 Å². The maximum absolute atomic E-state index is 13.8. The molecule has 0 aromatic heterocycles. The summed E-state index contributed by atoms with van der Waals surface area (Å²) in [6.45, 7) is -1.48. The Labute approximate surface area is 278 Å². The molecular weight excluding hydrogens is 629 g/mol. The van der Waals surface area contributed by atoms with Gasteiger partial charge in [-0.3, -0.25) is 24.1 Å². The van der Waals surface area contributed by atoms with E-state index in [2.05, 4.69) is 10.6 Å². The molecule has 0 unspecified atom stereocenters. The molecule has 1 heterocycles. The quantitative estimate of drug-likeness (QED) is 0.236. The monoisotopic (exact) mass is 672 g/mol. The first kappa shape index (κ1) is 36.4. The van der Waals surface area contributed by atoms with Crippen LogP contribution in [0.1, 0.15) is 108 Å². The van der Waals surface area contributed by atoms with Gasteiger partial charge in [-0.25, -0.2) is 4.79 Å². The van der Waals surface area contributed by atoms with Crippen molar-refractivity contribution in [2.75, 3.05) is 18.4 Å². The van der Waals surface area contributed by atoms with E-state index in [9.17, 15) is 37.1 Å². The van der Waals surface area contributed by atoms with Crippen LogP contribution in [0.25, 0.3) is 0 Å². The number of aliphatic carboxylic acids is 1. The van der Waals surface area contributed by atoms with Crippen molar-refractivity contribution in [3.05, 3.63) is 64.7 Å². The van der Waals surface area contributed by atoms with Gasteiger partial charge in [-0.05, 0) is 73.4 Å². The third-order valence-electron chi connectivity index (χ3n) is 9.51. The zero-order valence-electron chi connectivity index (χ0n) is 26.0. The molecule has 0 atom stereocenters. The fourth-order valence-corrected chi connectivity index (χ4v) is 7.09. The van der Waals surface area contributed by atoms with E-state index in [1.54, 1.807) is 29.2 Å². The highest BCUT2D eigenvalue weighted by Crippen LogP contribution is 2.40. The number of carbonyl (C=O) groups is 5. The molecule has 13 heteroatoms. The maximum Gasteiger partial charge on any atom is 0.406 e. The lowest BCUT2D eigenvalue weighted by molar-refractivity contribution is -0.137. The Morgan fingerprint density at radius 3 is 2.10 bits per heavy atom. The summed E-state index contributed by atoms with van der Waals surface area (Å²) in [5.41, 5.74) is 0.934. The molecule has 2 aliphatic carbocycles. The number of nitrogens with zero attached hydrogens (tertiary/aromatic N) is 2. The Hall–Kier alpha value is -4.42. The summed E-state index contributed by atoms with van der Waals surface area (Å²) in [6.07, 6.45) is 4.96. The summed E-state index contributed by atoms with van der Waals surface area (Å²) in [5.74, 6) is -2.19. The number of anilines is 1. The lowest BCUT2D eigenvalue weighted by Crippen LogP contribution is -2.44. The Morgan fingerprint density at radius 1 is 0.854 bits per heavy atom. The van der Waals surface area contributed by atoms with E-state index in [4.69, 9.17) is 5.11 Å². The number of halogens is 3. The Kier molecular flexibility index (Phi) is 11.9. The van der Waals surface area contributed by atoms with Crippen molar-refractivity contribution < 1.29 is 42.3 Å². The Balaban J connectivity index is 0.00000520. The molecule has 3 N–H and O–H groups in total. The number of carbonyl (C=O) groups excluding carboxylic acids is 4. The minimum Gasteiger partial charge on any atom is -0.481 e. The van der Waals surface area contributed by atoms with Gasteiger partial charge in [0, 0.05) is 30.4 Å². The van der Waals surface area contributed by atoms with E-state index < -0.39 is 42.4 Å². The zero-order valence-corrected chi connectivity index (χ0v) is 26.0. The fraction of sp³-hybridized carbons (Fsp3) is 0.514. The molecule has 0 spiro atoms. The third-order valence-corrected chi connectivity index (χ3v) is 9.51. The van der Waals surface area contributed by atoms with Crippen LogP contribution >= 0.6 is 0 Å². The molecule has 0 radical (unpaired) electrons. The predicted molar refractivity (Wildman–Crippen MR) is 173 cm³/mol. The second-order valence-electron chi connectivity index (χ2n) is 12.7. The summed E-state index contributed by atoms with van der Waals surface area (Å²) in [7, 11) is 0. The summed E-state index contributed by atoms with van der Waals surface area (Å²) in [4.78, 5) is 64.0. The number of benzene rings is 2. The minimum absolute atomic E-state index is 0.